The number of amides is 1. The molecule has 1 aliphatic rings. The molecule has 0 radical (unpaired) electrons. The fourth-order valence-corrected chi connectivity index (χ4v) is 3.28. The second kappa shape index (κ2) is 7.84. The zero-order valence-electron chi connectivity index (χ0n) is 17.8. The second-order valence-corrected chi connectivity index (χ2v) is 8.47. The molecule has 1 fully saturated rings. The minimum Gasteiger partial charge on any atom is -0.464 e. The van der Waals surface area contributed by atoms with Gasteiger partial charge in [0.25, 0.3) is 5.91 Å². The number of rotatable bonds is 7. The van der Waals surface area contributed by atoms with E-state index in [1.54, 1.807) is 10.8 Å². The summed E-state index contributed by atoms with van der Waals surface area (Å²) < 4.78 is 19.1. The van der Waals surface area contributed by atoms with Gasteiger partial charge in [0.05, 0.1) is 23.4 Å². The van der Waals surface area contributed by atoms with E-state index in [4.69, 9.17) is 19.8 Å². The summed E-state index contributed by atoms with van der Waals surface area (Å²) in [5, 5.41) is 0.658. The highest BCUT2D eigenvalue weighted by atomic mass is 16.7. The van der Waals surface area contributed by atoms with E-state index in [0.29, 0.717) is 17.6 Å². The average Bonchev–Trinajstić information content (AvgIpc) is 3.09. The van der Waals surface area contributed by atoms with Crippen LogP contribution in [0, 0.1) is 0 Å². The molecule has 2 N–H and O–H groups in total. The van der Waals surface area contributed by atoms with Crippen molar-refractivity contribution in [3.05, 3.63) is 30.0 Å². The van der Waals surface area contributed by atoms with E-state index in [2.05, 4.69) is 0 Å². The molecule has 0 saturated carbocycles. The van der Waals surface area contributed by atoms with E-state index in [-0.39, 0.29) is 12.5 Å². The molecule has 2 heterocycles. The van der Waals surface area contributed by atoms with Crippen molar-refractivity contribution in [1.82, 2.24) is 4.57 Å². The minimum atomic E-state index is -0.556. The second-order valence-electron chi connectivity index (χ2n) is 8.47. The van der Waals surface area contributed by atoms with Crippen molar-refractivity contribution in [2.75, 3.05) is 6.61 Å². The summed E-state index contributed by atoms with van der Waals surface area (Å²) in [4.78, 5) is 24.1. The van der Waals surface area contributed by atoms with Gasteiger partial charge in [-0.1, -0.05) is 25.5 Å². The van der Waals surface area contributed by atoms with E-state index in [0.717, 1.165) is 23.8 Å². The first-order chi connectivity index (χ1) is 13.6. The molecule has 29 heavy (non-hydrogen) atoms. The molecule has 3 rings (SSSR count). The Balaban J connectivity index is 1.91. The number of esters is 1. The zero-order chi connectivity index (χ0) is 21.4. The SMILES string of the molecule is CCCCOC(=O)Cn1cc(C(N)=O)c2cc(B3OC(C)(C)C(C)(C)O3)ccc21. The third-order valence-corrected chi connectivity index (χ3v) is 5.76. The maximum Gasteiger partial charge on any atom is 0.494 e. The maximum atomic E-state index is 12.1. The molecule has 0 unspecified atom stereocenters. The number of fused-ring (bicyclic) bond motifs is 1. The molecule has 1 aromatic carbocycles. The first-order valence-corrected chi connectivity index (χ1v) is 9.99. The van der Waals surface area contributed by atoms with Crippen LogP contribution in [0.15, 0.2) is 24.4 Å². The van der Waals surface area contributed by atoms with Gasteiger partial charge in [-0.05, 0) is 45.6 Å². The van der Waals surface area contributed by atoms with Crippen LogP contribution in [-0.4, -0.2) is 41.4 Å². The number of hydrogen-bond acceptors (Lipinski definition) is 5. The highest BCUT2D eigenvalue weighted by Crippen LogP contribution is 2.36. The van der Waals surface area contributed by atoms with E-state index >= 15 is 0 Å². The number of hydrogen-bond donors (Lipinski definition) is 1. The number of unbranched alkanes of at least 4 members (excludes halogenated alkanes) is 1. The summed E-state index contributed by atoms with van der Waals surface area (Å²) in [6.07, 6.45) is 3.37. The molecular weight excluding hydrogens is 371 g/mol. The van der Waals surface area contributed by atoms with Crippen LogP contribution < -0.4 is 11.2 Å². The van der Waals surface area contributed by atoms with Gasteiger partial charge >= 0.3 is 13.1 Å². The number of carbonyl (C=O) groups is 2. The van der Waals surface area contributed by atoms with Crippen LogP contribution in [-0.2, 0) is 25.4 Å². The number of nitrogens with two attached hydrogens (primary N) is 1. The third-order valence-electron chi connectivity index (χ3n) is 5.76. The number of aromatic nitrogens is 1. The van der Waals surface area contributed by atoms with Gasteiger partial charge in [0.15, 0.2) is 0 Å². The quantitative estimate of drug-likeness (QED) is 0.438. The fraction of sp³-hybridized carbons (Fsp3) is 0.524. The molecule has 1 saturated heterocycles. The standard InChI is InChI=1S/C21H29BN2O5/c1-6-7-10-27-18(25)13-24-12-16(19(23)26)15-11-14(8-9-17(15)24)22-28-20(2,3)21(4,5)29-22/h8-9,11-12H,6-7,10,13H2,1-5H3,(H2,23,26). The van der Waals surface area contributed by atoms with Crippen molar-refractivity contribution in [2.24, 2.45) is 5.73 Å². The maximum absolute atomic E-state index is 12.1. The molecular formula is C21H29BN2O5. The van der Waals surface area contributed by atoms with Gasteiger partial charge in [0.2, 0.25) is 0 Å². The summed E-state index contributed by atoms with van der Waals surface area (Å²) in [5.74, 6) is -0.902. The zero-order valence-corrected chi connectivity index (χ0v) is 17.8. The molecule has 0 spiro atoms. The Morgan fingerprint density at radius 3 is 2.41 bits per heavy atom. The predicted molar refractivity (Wildman–Crippen MR) is 112 cm³/mol. The number of carbonyl (C=O) groups excluding carboxylic acids is 2. The summed E-state index contributed by atoms with van der Waals surface area (Å²) >= 11 is 0. The predicted octanol–water partition coefficient (Wildman–Crippen LogP) is 2.38. The van der Waals surface area contributed by atoms with Crippen molar-refractivity contribution in [2.45, 2.75) is 65.2 Å². The van der Waals surface area contributed by atoms with E-state index in [9.17, 15) is 9.59 Å². The summed E-state index contributed by atoms with van der Waals surface area (Å²) in [6, 6.07) is 5.58. The first-order valence-electron chi connectivity index (χ1n) is 9.99. The average molecular weight is 400 g/mol. The Morgan fingerprint density at radius 1 is 1.17 bits per heavy atom. The lowest BCUT2D eigenvalue weighted by Crippen LogP contribution is -2.41. The number of primary amides is 1. The van der Waals surface area contributed by atoms with Crippen molar-refractivity contribution in [1.29, 1.82) is 0 Å². The summed E-state index contributed by atoms with van der Waals surface area (Å²) in [6.45, 7) is 10.4. The molecule has 1 amide bonds. The van der Waals surface area contributed by atoms with E-state index < -0.39 is 24.2 Å². The van der Waals surface area contributed by atoms with Crippen molar-refractivity contribution in [3.8, 4) is 0 Å². The van der Waals surface area contributed by atoms with Gasteiger partial charge < -0.3 is 24.3 Å². The number of ether oxygens (including phenoxy) is 1. The molecule has 0 aliphatic carbocycles. The van der Waals surface area contributed by atoms with Gasteiger partial charge in [0.1, 0.15) is 6.54 Å². The van der Waals surface area contributed by atoms with Gasteiger partial charge in [-0.15, -0.1) is 0 Å². The Hall–Kier alpha value is -2.32. The third kappa shape index (κ3) is 4.18. The van der Waals surface area contributed by atoms with Crippen LogP contribution in [0.1, 0.15) is 57.8 Å². The molecule has 156 valence electrons. The van der Waals surface area contributed by atoms with Crippen molar-refractivity contribution >= 4 is 35.4 Å². The Bertz CT molecular complexity index is 919. The number of benzene rings is 1. The van der Waals surface area contributed by atoms with Crippen LogP contribution in [0.4, 0.5) is 0 Å². The normalized spacial score (nSPS) is 17.6. The minimum absolute atomic E-state index is 0.0172. The van der Waals surface area contributed by atoms with E-state index in [1.165, 1.54) is 0 Å². The Morgan fingerprint density at radius 2 is 1.83 bits per heavy atom. The van der Waals surface area contributed by atoms with Crippen molar-refractivity contribution < 1.29 is 23.6 Å². The number of nitrogens with zero attached hydrogens (tertiary/aromatic N) is 1. The lowest BCUT2D eigenvalue weighted by molar-refractivity contribution is -0.144. The van der Waals surface area contributed by atoms with Crippen LogP contribution in [0.3, 0.4) is 0 Å². The smallest absolute Gasteiger partial charge is 0.464 e. The molecule has 1 aliphatic heterocycles. The van der Waals surface area contributed by atoms with Gasteiger partial charge in [-0.3, -0.25) is 9.59 Å². The van der Waals surface area contributed by atoms with Gasteiger partial charge in [0, 0.05) is 17.1 Å². The van der Waals surface area contributed by atoms with Crippen LogP contribution in [0.2, 0.25) is 0 Å². The molecule has 2 aromatic rings. The topological polar surface area (TPSA) is 92.8 Å². The van der Waals surface area contributed by atoms with Crippen molar-refractivity contribution in [3.63, 3.8) is 0 Å². The summed E-state index contributed by atoms with van der Waals surface area (Å²) in [5.41, 5.74) is 6.52. The highest BCUT2D eigenvalue weighted by molar-refractivity contribution is 6.62. The van der Waals surface area contributed by atoms with Crippen LogP contribution >= 0.6 is 0 Å². The first kappa shape index (κ1) is 21.4. The molecule has 7 nitrogen and oxygen atoms in total. The van der Waals surface area contributed by atoms with E-state index in [1.807, 2.05) is 52.8 Å². The molecule has 0 atom stereocenters. The fourth-order valence-electron chi connectivity index (χ4n) is 3.28. The lowest BCUT2D eigenvalue weighted by atomic mass is 9.78. The van der Waals surface area contributed by atoms with Gasteiger partial charge in [-0.25, -0.2) is 0 Å². The summed E-state index contributed by atoms with van der Waals surface area (Å²) in [7, 11) is -0.549. The molecule has 0 bridgehead atoms. The lowest BCUT2D eigenvalue weighted by Gasteiger charge is -2.32. The van der Waals surface area contributed by atoms with Gasteiger partial charge in [-0.2, -0.15) is 0 Å². The molecule has 8 heteroatoms. The van der Waals surface area contributed by atoms with Crippen LogP contribution in [0.5, 0.6) is 0 Å². The Labute approximate surface area is 171 Å². The highest BCUT2D eigenvalue weighted by Gasteiger charge is 2.51. The Kier molecular flexibility index (Phi) is 5.78. The monoisotopic (exact) mass is 400 g/mol. The largest absolute Gasteiger partial charge is 0.494 e. The van der Waals surface area contributed by atoms with Crippen LogP contribution in [0.25, 0.3) is 10.9 Å². The molecule has 1 aromatic heterocycles.